The fraction of sp³-hybridized carbons (Fsp3) is 0.400. The van der Waals surface area contributed by atoms with E-state index in [0.29, 0.717) is 5.75 Å². The zero-order valence-electron chi connectivity index (χ0n) is 14.3. The number of aromatic hydroxyl groups is 1. The SMILES string of the molecule is Cc1c(O)c(C)c(CSc2ccccc2)c2c1CCC(C)(C)O2. The van der Waals surface area contributed by atoms with Gasteiger partial charge in [-0.2, -0.15) is 0 Å². The second-order valence-electron chi connectivity index (χ2n) is 6.85. The summed E-state index contributed by atoms with van der Waals surface area (Å²) in [5, 5.41) is 10.5. The van der Waals surface area contributed by atoms with Crippen LogP contribution in [0, 0.1) is 13.8 Å². The number of phenols is 1. The molecule has 0 unspecified atom stereocenters. The van der Waals surface area contributed by atoms with Gasteiger partial charge in [-0.1, -0.05) is 18.2 Å². The van der Waals surface area contributed by atoms with Crippen LogP contribution in [0.2, 0.25) is 0 Å². The van der Waals surface area contributed by atoms with E-state index in [4.69, 9.17) is 4.74 Å². The molecular formula is C20H24O2S. The van der Waals surface area contributed by atoms with Crippen molar-refractivity contribution in [2.75, 3.05) is 0 Å². The molecule has 3 rings (SSSR count). The minimum absolute atomic E-state index is 0.144. The minimum atomic E-state index is -0.144. The quantitative estimate of drug-likeness (QED) is 0.764. The Kier molecular flexibility index (Phi) is 4.33. The molecule has 122 valence electrons. The molecule has 0 atom stereocenters. The van der Waals surface area contributed by atoms with Gasteiger partial charge in [0.25, 0.3) is 0 Å². The van der Waals surface area contributed by atoms with Gasteiger partial charge in [-0.05, 0) is 63.8 Å². The van der Waals surface area contributed by atoms with Crippen molar-refractivity contribution in [1.82, 2.24) is 0 Å². The highest BCUT2D eigenvalue weighted by Gasteiger charge is 2.31. The van der Waals surface area contributed by atoms with Crippen molar-refractivity contribution in [1.29, 1.82) is 0 Å². The summed E-state index contributed by atoms with van der Waals surface area (Å²) >= 11 is 1.78. The first kappa shape index (κ1) is 16.3. The minimum Gasteiger partial charge on any atom is -0.507 e. The van der Waals surface area contributed by atoms with E-state index in [1.807, 2.05) is 19.9 Å². The normalized spacial score (nSPS) is 15.8. The number of hydrogen-bond acceptors (Lipinski definition) is 3. The van der Waals surface area contributed by atoms with Gasteiger partial charge < -0.3 is 9.84 Å². The van der Waals surface area contributed by atoms with Crippen LogP contribution in [0.4, 0.5) is 0 Å². The lowest BCUT2D eigenvalue weighted by Gasteiger charge is -2.35. The van der Waals surface area contributed by atoms with Gasteiger partial charge in [-0.25, -0.2) is 0 Å². The van der Waals surface area contributed by atoms with Gasteiger partial charge >= 0.3 is 0 Å². The Morgan fingerprint density at radius 1 is 1.13 bits per heavy atom. The molecule has 0 aromatic heterocycles. The molecule has 23 heavy (non-hydrogen) atoms. The third-order valence-corrected chi connectivity index (χ3v) is 5.68. The molecule has 1 aliphatic rings. The number of benzene rings is 2. The van der Waals surface area contributed by atoms with Crippen molar-refractivity contribution < 1.29 is 9.84 Å². The molecule has 0 spiro atoms. The van der Waals surface area contributed by atoms with Crippen molar-refractivity contribution in [3.8, 4) is 11.5 Å². The Bertz CT molecular complexity index is 720. The van der Waals surface area contributed by atoms with Crippen molar-refractivity contribution in [3.05, 3.63) is 52.6 Å². The Balaban J connectivity index is 2.00. The highest BCUT2D eigenvalue weighted by atomic mass is 32.2. The van der Waals surface area contributed by atoms with Crippen molar-refractivity contribution in [2.45, 2.75) is 56.8 Å². The number of ether oxygens (including phenoxy) is 1. The van der Waals surface area contributed by atoms with Gasteiger partial charge in [0.2, 0.25) is 0 Å². The summed E-state index contributed by atoms with van der Waals surface area (Å²) in [6, 6.07) is 10.4. The first-order valence-electron chi connectivity index (χ1n) is 8.10. The van der Waals surface area contributed by atoms with Gasteiger partial charge in [0.15, 0.2) is 0 Å². The number of thioether (sulfide) groups is 1. The maximum absolute atomic E-state index is 10.5. The summed E-state index contributed by atoms with van der Waals surface area (Å²) in [6.45, 7) is 8.27. The zero-order valence-corrected chi connectivity index (χ0v) is 15.1. The summed E-state index contributed by atoms with van der Waals surface area (Å²) in [4.78, 5) is 1.23. The molecule has 2 nitrogen and oxygen atoms in total. The molecule has 0 fully saturated rings. The first-order chi connectivity index (χ1) is 10.9. The van der Waals surface area contributed by atoms with E-state index in [1.54, 1.807) is 11.8 Å². The van der Waals surface area contributed by atoms with Gasteiger partial charge in [-0.15, -0.1) is 11.8 Å². The van der Waals surface area contributed by atoms with E-state index in [-0.39, 0.29) is 5.60 Å². The average molecular weight is 328 g/mol. The molecule has 0 aliphatic carbocycles. The third kappa shape index (κ3) is 3.20. The van der Waals surface area contributed by atoms with Crippen LogP contribution in [0.3, 0.4) is 0 Å². The molecule has 2 aromatic rings. The molecule has 0 saturated carbocycles. The van der Waals surface area contributed by atoms with E-state index >= 15 is 0 Å². The topological polar surface area (TPSA) is 29.5 Å². The maximum atomic E-state index is 10.5. The van der Waals surface area contributed by atoms with Crippen molar-refractivity contribution in [2.24, 2.45) is 0 Å². The molecule has 0 bridgehead atoms. The number of hydrogen-bond donors (Lipinski definition) is 1. The molecule has 1 N–H and O–H groups in total. The molecule has 3 heteroatoms. The van der Waals surface area contributed by atoms with E-state index in [1.165, 1.54) is 10.5 Å². The van der Waals surface area contributed by atoms with Gasteiger partial charge in [-0.3, -0.25) is 0 Å². The highest BCUT2D eigenvalue weighted by molar-refractivity contribution is 7.98. The molecule has 0 saturated heterocycles. The van der Waals surface area contributed by atoms with Crippen LogP contribution in [0.5, 0.6) is 11.5 Å². The largest absolute Gasteiger partial charge is 0.507 e. The monoisotopic (exact) mass is 328 g/mol. The van der Waals surface area contributed by atoms with Crippen molar-refractivity contribution >= 4 is 11.8 Å². The summed E-state index contributed by atoms with van der Waals surface area (Å²) in [5.74, 6) is 2.23. The Morgan fingerprint density at radius 3 is 2.52 bits per heavy atom. The predicted octanol–water partition coefficient (Wildman–Crippen LogP) is 5.40. The lowest BCUT2D eigenvalue weighted by Crippen LogP contribution is -2.33. The Labute approximate surface area is 142 Å². The zero-order chi connectivity index (χ0) is 16.6. The lowest BCUT2D eigenvalue weighted by atomic mass is 9.88. The molecule has 0 amide bonds. The van der Waals surface area contributed by atoms with Crippen molar-refractivity contribution in [3.63, 3.8) is 0 Å². The number of fused-ring (bicyclic) bond motifs is 1. The number of phenolic OH excluding ortho intramolecular Hbond substituents is 1. The third-order valence-electron chi connectivity index (χ3n) is 4.65. The summed E-state index contributed by atoms with van der Waals surface area (Å²) in [5.41, 5.74) is 4.08. The van der Waals surface area contributed by atoms with E-state index < -0.39 is 0 Å². The van der Waals surface area contributed by atoms with Crippen LogP contribution in [-0.2, 0) is 12.2 Å². The van der Waals surface area contributed by atoms with Crippen LogP contribution in [0.1, 0.15) is 42.5 Å². The Hall–Kier alpha value is -1.61. The second kappa shape index (κ2) is 6.12. The highest BCUT2D eigenvalue weighted by Crippen LogP contribution is 2.45. The summed E-state index contributed by atoms with van der Waals surface area (Å²) in [7, 11) is 0. The summed E-state index contributed by atoms with van der Waals surface area (Å²) in [6.07, 6.45) is 1.94. The van der Waals surface area contributed by atoms with Gasteiger partial charge in [0.1, 0.15) is 17.1 Å². The second-order valence-corrected chi connectivity index (χ2v) is 7.90. The van der Waals surface area contributed by atoms with E-state index in [9.17, 15) is 5.11 Å². The fourth-order valence-corrected chi connectivity index (χ4v) is 4.12. The maximum Gasteiger partial charge on any atom is 0.128 e. The molecule has 2 aromatic carbocycles. The van der Waals surface area contributed by atoms with Crippen LogP contribution in [-0.4, -0.2) is 10.7 Å². The Morgan fingerprint density at radius 2 is 1.83 bits per heavy atom. The number of rotatable bonds is 3. The molecule has 0 radical (unpaired) electrons. The fourth-order valence-electron chi connectivity index (χ4n) is 3.11. The van der Waals surface area contributed by atoms with Gasteiger partial charge in [0, 0.05) is 21.8 Å². The molecular weight excluding hydrogens is 304 g/mol. The van der Waals surface area contributed by atoms with Crippen LogP contribution in [0.25, 0.3) is 0 Å². The first-order valence-corrected chi connectivity index (χ1v) is 9.08. The lowest BCUT2D eigenvalue weighted by molar-refractivity contribution is 0.0830. The van der Waals surface area contributed by atoms with E-state index in [0.717, 1.165) is 41.0 Å². The van der Waals surface area contributed by atoms with Crippen LogP contribution >= 0.6 is 11.8 Å². The summed E-state index contributed by atoms with van der Waals surface area (Å²) < 4.78 is 6.33. The average Bonchev–Trinajstić information content (AvgIpc) is 2.53. The molecule has 1 heterocycles. The smallest absolute Gasteiger partial charge is 0.128 e. The van der Waals surface area contributed by atoms with Crippen LogP contribution < -0.4 is 4.74 Å². The van der Waals surface area contributed by atoms with E-state index in [2.05, 4.69) is 38.1 Å². The van der Waals surface area contributed by atoms with Gasteiger partial charge in [0.05, 0.1) is 0 Å². The van der Waals surface area contributed by atoms with Crippen LogP contribution in [0.15, 0.2) is 35.2 Å². The predicted molar refractivity (Wildman–Crippen MR) is 96.6 cm³/mol. The molecule has 1 aliphatic heterocycles. The standard InChI is InChI=1S/C20H24O2S/c1-13-16-10-11-20(3,4)22-19(16)17(14(2)18(13)21)12-23-15-8-6-5-7-9-15/h5-9,21H,10-12H2,1-4H3.